The van der Waals surface area contributed by atoms with E-state index in [9.17, 15) is 0 Å². The lowest BCUT2D eigenvalue weighted by Crippen LogP contribution is -2.20. The minimum Gasteiger partial charge on any atom is -0.493 e. The van der Waals surface area contributed by atoms with Crippen molar-refractivity contribution in [3.8, 4) is 5.75 Å². The van der Waals surface area contributed by atoms with Crippen LogP contribution in [0.3, 0.4) is 0 Å². The molecule has 0 unspecified atom stereocenters. The second-order valence-electron chi connectivity index (χ2n) is 4.52. The van der Waals surface area contributed by atoms with Gasteiger partial charge in [-0.05, 0) is 24.0 Å². The number of para-hydroxylation sites is 1. The molecular weight excluding hydrogens is 172 g/mol. The molecule has 0 atom stereocenters. The largest absolute Gasteiger partial charge is 0.493 e. The predicted octanol–water partition coefficient (Wildman–Crippen LogP) is 3.89. The Morgan fingerprint density at radius 3 is 2.36 bits per heavy atom. The summed E-state index contributed by atoms with van der Waals surface area (Å²) in [5.41, 5.74) is 0.282. The Hall–Kier alpha value is -0.980. The maximum atomic E-state index is 5.72. The van der Waals surface area contributed by atoms with Crippen molar-refractivity contribution in [2.75, 3.05) is 6.61 Å². The lowest BCUT2D eigenvalue weighted by Gasteiger charge is -2.23. The van der Waals surface area contributed by atoms with Crippen LogP contribution in [0.15, 0.2) is 30.3 Å². The summed E-state index contributed by atoms with van der Waals surface area (Å²) in [7, 11) is 0. The minimum absolute atomic E-state index is 0.282. The molecule has 1 rings (SSSR count). The first kappa shape index (κ1) is 11.1. The molecule has 0 spiro atoms. The fourth-order valence-electron chi connectivity index (χ4n) is 1.54. The van der Waals surface area contributed by atoms with Crippen LogP contribution in [0.5, 0.6) is 5.75 Å². The predicted molar refractivity (Wildman–Crippen MR) is 60.6 cm³/mol. The Balaban J connectivity index is 2.40. The van der Waals surface area contributed by atoms with E-state index in [2.05, 4.69) is 20.8 Å². The zero-order valence-corrected chi connectivity index (χ0v) is 9.42. The van der Waals surface area contributed by atoms with Gasteiger partial charge in [-0.25, -0.2) is 0 Å². The maximum absolute atomic E-state index is 5.72. The molecule has 0 bridgehead atoms. The maximum Gasteiger partial charge on any atom is 0.119 e. The van der Waals surface area contributed by atoms with Gasteiger partial charge in [-0.1, -0.05) is 45.4 Å². The van der Waals surface area contributed by atoms with Gasteiger partial charge in [0, 0.05) is 0 Å². The molecule has 0 aliphatic heterocycles. The molecule has 0 saturated heterocycles. The summed E-state index contributed by atoms with van der Waals surface area (Å²) in [4.78, 5) is 0. The van der Waals surface area contributed by atoms with Crippen molar-refractivity contribution in [3.63, 3.8) is 0 Å². The third-order valence-electron chi connectivity index (χ3n) is 2.30. The molecule has 1 heteroatoms. The number of rotatable bonds is 5. The van der Waals surface area contributed by atoms with Gasteiger partial charge >= 0.3 is 0 Å². The summed E-state index contributed by atoms with van der Waals surface area (Å²) < 4.78 is 5.72. The number of hydrogen-bond donors (Lipinski definition) is 0. The molecule has 1 nitrogen and oxygen atoms in total. The Labute approximate surface area is 87.1 Å². The van der Waals surface area contributed by atoms with E-state index >= 15 is 0 Å². The lowest BCUT2D eigenvalue weighted by molar-refractivity contribution is 0.169. The van der Waals surface area contributed by atoms with E-state index in [1.807, 2.05) is 30.3 Å². The Morgan fingerprint density at radius 2 is 1.79 bits per heavy atom. The van der Waals surface area contributed by atoms with E-state index in [0.717, 1.165) is 12.4 Å². The minimum atomic E-state index is 0.282. The summed E-state index contributed by atoms with van der Waals surface area (Å²) in [5, 5.41) is 0. The van der Waals surface area contributed by atoms with Gasteiger partial charge in [0.15, 0.2) is 0 Å². The standard InChI is InChI=1S/C13H20O/c1-4-10-13(2,3)11-14-12-8-6-5-7-9-12/h5-9H,4,10-11H2,1-3H3. The summed E-state index contributed by atoms with van der Waals surface area (Å²) in [6.07, 6.45) is 2.42. The molecule has 14 heavy (non-hydrogen) atoms. The fourth-order valence-corrected chi connectivity index (χ4v) is 1.54. The third-order valence-corrected chi connectivity index (χ3v) is 2.30. The first-order valence-corrected chi connectivity index (χ1v) is 5.32. The smallest absolute Gasteiger partial charge is 0.119 e. The number of ether oxygens (including phenoxy) is 1. The Bertz CT molecular complexity index is 251. The van der Waals surface area contributed by atoms with Crippen LogP contribution in [0, 0.1) is 5.41 Å². The van der Waals surface area contributed by atoms with Crippen LogP contribution in [0.1, 0.15) is 33.6 Å². The van der Waals surface area contributed by atoms with Crippen molar-refractivity contribution in [2.24, 2.45) is 5.41 Å². The van der Waals surface area contributed by atoms with Gasteiger partial charge in [0.05, 0.1) is 6.61 Å². The Kier molecular flexibility index (Phi) is 3.99. The highest BCUT2D eigenvalue weighted by Gasteiger charge is 2.17. The molecule has 0 saturated carbocycles. The monoisotopic (exact) mass is 192 g/mol. The first-order chi connectivity index (χ1) is 6.64. The van der Waals surface area contributed by atoms with Crippen molar-refractivity contribution >= 4 is 0 Å². The summed E-state index contributed by atoms with van der Waals surface area (Å²) in [5.74, 6) is 0.969. The van der Waals surface area contributed by atoms with Gasteiger partial charge in [-0.2, -0.15) is 0 Å². The van der Waals surface area contributed by atoms with E-state index in [1.165, 1.54) is 12.8 Å². The van der Waals surface area contributed by atoms with Gasteiger partial charge in [0.2, 0.25) is 0 Å². The van der Waals surface area contributed by atoms with E-state index in [1.54, 1.807) is 0 Å². The van der Waals surface area contributed by atoms with Crippen LogP contribution < -0.4 is 4.74 Å². The fraction of sp³-hybridized carbons (Fsp3) is 0.538. The molecule has 0 N–H and O–H groups in total. The highest BCUT2D eigenvalue weighted by Crippen LogP contribution is 2.23. The van der Waals surface area contributed by atoms with Gasteiger partial charge in [-0.15, -0.1) is 0 Å². The molecule has 1 aromatic carbocycles. The summed E-state index contributed by atoms with van der Waals surface area (Å²) in [6, 6.07) is 10.0. The van der Waals surface area contributed by atoms with Crippen molar-refractivity contribution in [1.82, 2.24) is 0 Å². The zero-order chi connectivity index (χ0) is 10.4. The third kappa shape index (κ3) is 3.82. The van der Waals surface area contributed by atoms with Crippen LogP contribution >= 0.6 is 0 Å². The van der Waals surface area contributed by atoms with Crippen molar-refractivity contribution in [3.05, 3.63) is 30.3 Å². The SMILES string of the molecule is CCCC(C)(C)COc1ccccc1. The zero-order valence-electron chi connectivity index (χ0n) is 9.42. The van der Waals surface area contributed by atoms with Crippen molar-refractivity contribution < 1.29 is 4.74 Å². The van der Waals surface area contributed by atoms with Gasteiger partial charge in [-0.3, -0.25) is 0 Å². The van der Waals surface area contributed by atoms with Crippen LogP contribution in [0.2, 0.25) is 0 Å². The van der Waals surface area contributed by atoms with Crippen LogP contribution in [-0.4, -0.2) is 6.61 Å². The molecule has 0 fully saturated rings. The van der Waals surface area contributed by atoms with Crippen molar-refractivity contribution in [1.29, 1.82) is 0 Å². The molecule has 0 amide bonds. The number of benzene rings is 1. The van der Waals surface area contributed by atoms with Crippen LogP contribution in [-0.2, 0) is 0 Å². The van der Waals surface area contributed by atoms with Gasteiger partial charge < -0.3 is 4.74 Å². The average Bonchev–Trinajstić information content (AvgIpc) is 2.17. The molecule has 0 aliphatic rings. The van der Waals surface area contributed by atoms with E-state index < -0.39 is 0 Å². The normalized spacial score (nSPS) is 11.4. The molecule has 0 aliphatic carbocycles. The molecule has 78 valence electrons. The molecule has 0 aromatic heterocycles. The molecule has 1 aromatic rings. The summed E-state index contributed by atoms with van der Waals surface area (Å²) in [6.45, 7) is 7.51. The highest BCUT2D eigenvalue weighted by atomic mass is 16.5. The van der Waals surface area contributed by atoms with E-state index in [0.29, 0.717) is 0 Å². The van der Waals surface area contributed by atoms with E-state index in [-0.39, 0.29) is 5.41 Å². The van der Waals surface area contributed by atoms with Crippen LogP contribution in [0.4, 0.5) is 0 Å². The topological polar surface area (TPSA) is 9.23 Å². The first-order valence-electron chi connectivity index (χ1n) is 5.32. The summed E-state index contributed by atoms with van der Waals surface area (Å²) >= 11 is 0. The molecule has 0 heterocycles. The van der Waals surface area contributed by atoms with Crippen molar-refractivity contribution in [2.45, 2.75) is 33.6 Å². The molecular formula is C13H20O. The number of hydrogen-bond acceptors (Lipinski definition) is 1. The second-order valence-corrected chi connectivity index (χ2v) is 4.52. The lowest BCUT2D eigenvalue weighted by atomic mass is 9.89. The highest BCUT2D eigenvalue weighted by molar-refractivity contribution is 5.20. The molecule has 0 radical (unpaired) electrons. The Morgan fingerprint density at radius 1 is 1.14 bits per heavy atom. The average molecular weight is 192 g/mol. The van der Waals surface area contributed by atoms with Crippen LogP contribution in [0.25, 0.3) is 0 Å². The second kappa shape index (κ2) is 5.04. The quantitative estimate of drug-likeness (QED) is 0.687. The van der Waals surface area contributed by atoms with Gasteiger partial charge in [0.1, 0.15) is 5.75 Å². The van der Waals surface area contributed by atoms with E-state index in [4.69, 9.17) is 4.74 Å². The van der Waals surface area contributed by atoms with Gasteiger partial charge in [0.25, 0.3) is 0 Å².